The molecule has 1 saturated heterocycles. The van der Waals surface area contributed by atoms with Gasteiger partial charge in [-0.15, -0.1) is 0 Å². The van der Waals surface area contributed by atoms with Crippen LogP contribution < -0.4 is 0 Å². The molecule has 0 spiro atoms. The average molecular weight is 522 g/mol. The van der Waals surface area contributed by atoms with Crippen LogP contribution in [0.15, 0.2) is 33.6 Å². The van der Waals surface area contributed by atoms with Crippen LogP contribution in [0.2, 0.25) is 0 Å². The van der Waals surface area contributed by atoms with E-state index < -0.39 is 22.0 Å². The van der Waals surface area contributed by atoms with Gasteiger partial charge in [-0.05, 0) is 24.3 Å². The van der Waals surface area contributed by atoms with E-state index in [4.69, 9.17) is 14.2 Å². The normalized spacial score (nSPS) is 17.4. The van der Waals surface area contributed by atoms with Gasteiger partial charge in [0.05, 0.1) is 25.2 Å². The topological polar surface area (TPSA) is 106 Å². The minimum absolute atomic E-state index is 0.0354. The summed E-state index contributed by atoms with van der Waals surface area (Å²) in [4.78, 5) is 28.6. The van der Waals surface area contributed by atoms with Gasteiger partial charge in [0.1, 0.15) is 6.04 Å². The first-order valence-corrected chi connectivity index (χ1v) is 11.9. The van der Waals surface area contributed by atoms with E-state index in [9.17, 15) is 18.0 Å². The number of sulfonamides is 1. The van der Waals surface area contributed by atoms with Crippen molar-refractivity contribution in [2.24, 2.45) is 0 Å². The molecule has 1 aromatic carbocycles. The van der Waals surface area contributed by atoms with Crippen LogP contribution in [0.25, 0.3) is 0 Å². The third-order valence-electron chi connectivity index (χ3n) is 4.90. The summed E-state index contributed by atoms with van der Waals surface area (Å²) in [5.41, 5.74) is 0. The third-order valence-corrected chi connectivity index (χ3v) is 7.35. The van der Waals surface area contributed by atoms with E-state index in [1.807, 2.05) is 0 Å². The smallest absolute Gasteiger partial charge is 0.326 e. The van der Waals surface area contributed by atoms with Gasteiger partial charge in [0.15, 0.2) is 0 Å². The molecule has 1 heterocycles. The number of halogens is 1. The van der Waals surface area contributed by atoms with Crippen LogP contribution in [0, 0.1) is 0 Å². The predicted octanol–water partition coefficient (Wildman–Crippen LogP) is 1.01. The molecule has 1 aliphatic heterocycles. The highest BCUT2D eigenvalue weighted by molar-refractivity contribution is 9.10. The maximum Gasteiger partial charge on any atom is 0.326 e. The van der Waals surface area contributed by atoms with Crippen LogP contribution >= 0.6 is 15.9 Å². The van der Waals surface area contributed by atoms with E-state index in [1.165, 1.54) is 38.4 Å². The van der Waals surface area contributed by atoms with Crippen molar-refractivity contribution in [1.29, 1.82) is 0 Å². The fraction of sp³-hybridized carbons (Fsp3) is 0.579. The molecular formula is C19H28BrN3O7S. The Bertz CT molecular complexity index is 843. The monoisotopic (exact) mass is 521 g/mol. The van der Waals surface area contributed by atoms with Gasteiger partial charge in [-0.2, -0.15) is 4.31 Å². The Morgan fingerprint density at radius 3 is 2.16 bits per heavy atom. The number of hydrogen-bond acceptors (Lipinski definition) is 7. The molecule has 0 N–H and O–H groups in total. The number of benzene rings is 1. The predicted molar refractivity (Wildman–Crippen MR) is 116 cm³/mol. The first-order chi connectivity index (χ1) is 14.8. The van der Waals surface area contributed by atoms with Crippen molar-refractivity contribution in [3.63, 3.8) is 0 Å². The molecule has 1 unspecified atom stereocenters. The van der Waals surface area contributed by atoms with E-state index in [1.54, 1.807) is 17.0 Å². The number of piperazine rings is 1. The maximum atomic E-state index is 13.2. The Hall–Kier alpha value is -1.73. The molecule has 1 atom stereocenters. The lowest BCUT2D eigenvalue weighted by Gasteiger charge is -2.40. The largest absolute Gasteiger partial charge is 0.468 e. The SMILES string of the molecule is COCCN(CCOC)C(=O)N1CCN(S(=O)(=O)c2ccc(Br)cc2)C(C(=O)OC)C1. The van der Waals surface area contributed by atoms with Gasteiger partial charge >= 0.3 is 12.0 Å². The van der Waals surface area contributed by atoms with Crippen LogP contribution in [-0.2, 0) is 29.0 Å². The fourth-order valence-corrected chi connectivity index (χ4v) is 5.03. The van der Waals surface area contributed by atoms with Gasteiger partial charge in [-0.3, -0.25) is 4.79 Å². The molecule has 0 aliphatic carbocycles. The van der Waals surface area contributed by atoms with Crippen molar-refractivity contribution < 1.29 is 32.2 Å². The van der Waals surface area contributed by atoms with E-state index >= 15 is 0 Å². The molecule has 10 nitrogen and oxygen atoms in total. The second-order valence-corrected chi connectivity index (χ2v) is 9.62. The Morgan fingerprint density at radius 1 is 1.06 bits per heavy atom. The van der Waals surface area contributed by atoms with Gasteiger partial charge in [-0.25, -0.2) is 13.2 Å². The number of carbonyl (C=O) groups excluding carboxylic acids is 2. The van der Waals surface area contributed by atoms with Gasteiger partial charge < -0.3 is 24.0 Å². The van der Waals surface area contributed by atoms with Gasteiger partial charge in [0.2, 0.25) is 10.0 Å². The first kappa shape index (κ1) is 25.5. The van der Waals surface area contributed by atoms with E-state index in [0.717, 1.165) is 8.78 Å². The summed E-state index contributed by atoms with van der Waals surface area (Å²) >= 11 is 3.28. The van der Waals surface area contributed by atoms with Crippen molar-refractivity contribution in [2.75, 3.05) is 67.3 Å². The molecule has 1 aromatic rings. The number of methoxy groups -OCH3 is 3. The molecule has 0 saturated carbocycles. The van der Waals surface area contributed by atoms with Crippen molar-refractivity contribution >= 4 is 38.0 Å². The Balaban J connectivity index is 2.24. The fourth-order valence-electron chi connectivity index (χ4n) is 3.20. The second kappa shape index (κ2) is 11.8. The van der Waals surface area contributed by atoms with Crippen molar-refractivity contribution in [3.05, 3.63) is 28.7 Å². The van der Waals surface area contributed by atoms with Crippen molar-refractivity contribution in [2.45, 2.75) is 10.9 Å². The van der Waals surface area contributed by atoms with Crippen LogP contribution in [-0.4, -0.2) is 108 Å². The minimum atomic E-state index is -3.96. The van der Waals surface area contributed by atoms with Gasteiger partial charge in [-0.1, -0.05) is 15.9 Å². The zero-order valence-electron chi connectivity index (χ0n) is 17.8. The molecule has 2 rings (SSSR count). The number of carbonyl (C=O) groups is 2. The maximum absolute atomic E-state index is 13.2. The summed E-state index contributed by atoms with van der Waals surface area (Å²) in [5, 5.41) is 0. The zero-order chi connectivity index (χ0) is 23.0. The van der Waals surface area contributed by atoms with Gasteiger partial charge in [0, 0.05) is 51.4 Å². The number of rotatable bonds is 9. The standard InChI is InChI=1S/C19H28BrN3O7S/c1-28-12-10-21(11-13-29-2)19(25)22-8-9-23(17(14-22)18(24)30-3)31(26,27)16-6-4-15(20)5-7-16/h4-7,17H,8-14H2,1-3H3. The zero-order valence-corrected chi connectivity index (χ0v) is 20.2. The Labute approximate surface area is 191 Å². The van der Waals surface area contributed by atoms with Crippen molar-refractivity contribution in [1.82, 2.24) is 14.1 Å². The first-order valence-electron chi connectivity index (χ1n) is 9.63. The molecule has 174 valence electrons. The lowest BCUT2D eigenvalue weighted by atomic mass is 10.2. The summed E-state index contributed by atoms with van der Waals surface area (Å²) in [7, 11) is 0.310. The Kier molecular flexibility index (Phi) is 9.69. The quantitative estimate of drug-likeness (QED) is 0.446. The van der Waals surface area contributed by atoms with Gasteiger partial charge in [0.25, 0.3) is 0 Å². The average Bonchev–Trinajstić information content (AvgIpc) is 2.78. The minimum Gasteiger partial charge on any atom is -0.468 e. The second-order valence-electron chi connectivity index (χ2n) is 6.81. The number of urea groups is 1. The van der Waals surface area contributed by atoms with Crippen molar-refractivity contribution in [3.8, 4) is 0 Å². The molecule has 2 amide bonds. The summed E-state index contributed by atoms with van der Waals surface area (Å²) in [5.74, 6) is -0.724. The highest BCUT2D eigenvalue weighted by atomic mass is 79.9. The summed E-state index contributed by atoms with van der Waals surface area (Å²) in [6, 6.07) is 4.68. The number of amides is 2. The molecule has 31 heavy (non-hydrogen) atoms. The molecule has 0 radical (unpaired) electrons. The molecular weight excluding hydrogens is 494 g/mol. The molecule has 1 aliphatic rings. The highest BCUT2D eigenvalue weighted by Gasteiger charge is 2.42. The van der Waals surface area contributed by atoms with Crippen LogP contribution in [0.1, 0.15) is 0 Å². The van der Waals surface area contributed by atoms with Crippen LogP contribution in [0.3, 0.4) is 0 Å². The summed E-state index contributed by atoms with van der Waals surface area (Å²) < 4.78 is 43.2. The van der Waals surface area contributed by atoms with E-state index in [2.05, 4.69) is 15.9 Å². The van der Waals surface area contributed by atoms with E-state index in [0.29, 0.717) is 26.3 Å². The van der Waals surface area contributed by atoms with Crippen LogP contribution in [0.5, 0.6) is 0 Å². The number of nitrogens with zero attached hydrogens (tertiary/aromatic N) is 3. The summed E-state index contributed by atoms with van der Waals surface area (Å²) in [6.45, 7) is 1.36. The highest BCUT2D eigenvalue weighted by Crippen LogP contribution is 2.24. The van der Waals surface area contributed by atoms with E-state index in [-0.39, 0.29) is 30.6 Å². The van der Waals surface area contributed by atoms with Crippen LogP contribution in [0.4, 0.5) is 4.79 Å². The number of esters is 1. The lowest BCUT2D eigenvalue weighted by molar-refractivity contribution is -0.146. The Morgan fingerprint density at radius 2 is 1.65 bits per heavy atom. The number of hydrogen-bond donors (Lipinski definition) is 0. The lowest BCUT2D eigenvalue weighted by Crippen LogP contribution is -2.61. The molecule has 1 fully saturated rings. The summed E-state index contributed by atoms with van der Waals surface area (Å²) in [6.07, 6.45) is 0. The number of ether oxygens (including phenoxy) is 3. The third kappa shape index (κ3) is 6.39. The molecule has 0 aromatic heterocycles. The molecule has 12 heteroatoms. The molecule has 0 bridgehead atoms.